The summed E-state index contributed by atoms with van der Waals surface area (Å²) in [5, 5.41) is 5.92. The van der Waals surface area contributed by atoms with Crippen LogP contribution in [-0.4, -0.2) is 16.7 Å². The highest BCUT2D eigenvalue weighted by Crippen LogP contribution is 2.48. The molecule has 0 unspecified atom stereocenters. The van der Waals surface area contributed by atoms with Crippen molar-refractivity contribution in [3.63, 3.8) is 0 Å². The standard InChI is InChI=1S/C68H65BN4/c1-65(2,3)48-25-29-52(30-26-48)72-58-37-44-21-15-13-19-42(44)35-55(58)69-56-36-43-20-14-16-22-45(43)38-59(56)73(53-31-27-49(28-32-53)66(4,5)6)61-40-46(39-60(72)62(61)69)63-54-23-17-18-24-57(54)70-64(71-63)47-33-50(67(7,8)9)41-51(34-47)68(10,11)12/h13-41H,1-12H3. The molecule has 4 nitrogen and oxygen atoms in total. The van der Waals surface area contributed by atoms with Crippen molar-refractivity contribution in [2.75, 3.05) is 9.80 Å². The predicted molar refractivity (Wildman–Crippen MR) is 314 cm³/mol. The molecule has 1 aromatic heterocycles. The number of para-hydroxylation sites is 1. The zero-order valence-corrected chi connectivity index (χ0v) is 44.6. The van der Waals surface area contributed by atoms with Crippen molar-refractivity contribution in [3.05, 3.63) is 198 Å². The molecule has 0 saturated carbocycles. The fourth-order valence-corrected chi connectivity index (χ4v) is 11.3. The minimum Gasteiger partial charge on any atom is -0.311 e. The largest absolute Gasteiger partial charge is 0.311 e. The van der Waals surface area contributed by atoms with Crippen molar-refractivity contribution in [1.29, 1.82) is 0 Å². The molecule has 0 spiro atoms. The molecular formula is C68H65BN4. The van der Waals surface area contributed by atoms with E-state index in [1.807, 2.05) is 0 Å². The van der Waals surface area contributed by atoms with Gasteiger partial charge in [-0.05, 0) is 149 Å². The van der Waals surface area contributed by atoms with Crippen LogP contribution in [0.3, 0.4) is 0 Å². The zero-order valence-electron chi connectivity index (χ0n) is 44.6. The molecule has 0 bridgehead atoms. The van der Waals surface area contributed by atoms with E-state index in [9.17, 15) is 0 Å². The zero-order chi connectivity index (χ0) is 50.9. The summed E-state index contributed by atoms with van der Waals surface area (Å²) >= 11 is 0. The molecule has 5 heteroatoms. The lowest BCUT2D eigenvalue weighted by Crippen LogP contribution is -2.61. The highest BCUT2D eigenvalue weighted by molar-refractivity contribution is 7.00. The van der Waals surface area contributed by atoms with Crippen molar-refractivity contribution in [2.45, 2.75) is 105 Å². The molecule has 9 aromatic carbocycles. The van der Waals surface area contributed by atoms with Crippen LogP contribution in [0.1, 0.15) is 105 Å². The molecule has 12 rings (SSSR count). The van der Waals surface area contributed by atoms with Crippen molar-refractivity contribution in [2.24, 2.45) is 0 Å². The van der Waals surface area contributed by atoms with Gasteiger partial charge in [-0.15, -0.1) is 0 Å². The summed E-state index contributed by atoms with van der Waals surface area (Å²) < 4.78 is 0. The Morgan fingerprint density at radius 3 is 1.21 bits per heavy atom. The van der Waals surface area contributed by atoms with Crippen molar-refractivity contribution in [3.8, 4) is 22.6 Å². The van der Waals surface area contributed by atoms with Gasteiger partial charge < -0.3 is 9.80 Å². The van der Waals surface area contributed by atoms with E-state index in [0.717, 1.165) is 56.3 Å². The molecule has 0 atom stereocenters. The van der Waals surface area contributed by atoms with E-state index in [0.29, 0.717) is 0 Å². The Balaban J connectivity index is 1.21. The number of fused-ring (bicyclic) bond motifs is 7. The summed E-state index contributed by atoms with van der Waals surface area (Å²) in [5.74, 6) is 0.729. The second-order valence-corrected chi connectivity index (χ2v) is 24.9. The lowest BCUT2D eigenvalue weighted by molar-refractivity contribution is 0.569. The first-order chi connectivity index (χ1) is 34.7. The van der Waals surface area contributed by atoms with Crippen LogP contribution < -0.4 is 26.2 Å². The predicted octanol–water partition coefficient (Wildman–Crippen LogP) is 16.5. The van der Waals surface area contributed by atoms with Gasteiger partial charge in [-0.2, -0.15) is 0 Å². The fraction of sp³-hybridized carbons (Fsp3) is 0.235. The molecule has 0 N–H and O–H groups in total. The van der Waals surface area contributed by atoms with E-state index in [1.165, 1.54) is 71.6 Å². The number of hydrogen-bond donors (Lipinski definition) is 0. The number of benzene rings is 9. The maximum atomic E-state index is 5.74. The second kappa shape index (κ2) is 16.5. The van der Waals surface area contributed by atoms with Gasteiger partial charge in [0.2, 0.25) is 0 Å². The highest BCUT2D eigenvalue weighted by Gasteiger charge is 2.44. The van der Waals surface area contributed by atoms with Gasteiger partial charge in [0.05, 0.1) is 11.2 Å². The Labute approximate surface area is 432 Å². The number of nitrogens with zero attached hydrogens (tertiary/aromatic N) is 4. The first-order valence-corrected chi connectivity index (χ1v) is 26.2. The van der Waals surface area contributed by atoms with Gasteiger partial charge in [0.15, 0.2) is 5.82 Å². The van der Waals surface area contributed by atoms with E-state index in [2.05, 4.69) is 269 Å². The van der Waals surface area contributed by atoms with E-state index >= 15 is 0 Å². The molecule has 0 saturated heterocycles. The number of hydrogen-bond acceptors (Lipinski definition) is 4. The van der Waals surface area contributed by atoms with Gasteiger partial charge in [-0.3, -0.25) is 0 Å². The van der Waals surface area contributed by atoms with Crippen molar-refractivity contribution < 1.29 is 0 Å². The molecule has 73 heavy (non-hydrogen) atoms. The first-order valence-electron chi connectivity index (χ1n) is 26.2. The monoisotopic (exact) mass is 949 g/mol. The molecule has 0 radical (unpaired) electrons. The number of anilines is 6. The van der Waals surface area contributed by atoms with Gasteiger partial charge in [0, 0.05) is 50.6 Å². The third kappa shape index (κ3) is 8.00. The third-order valence-corrected chi connectivity index (χ3v) is 15.6. The van der Waals surface area contributed by atoms with Gasteiger partial charge in [0.25, 0.3) is 6.71 Å². The summed E-state index contributed by atoms with van der Waals surface area (Å²) in [6.45, 7) is 27.5. The number of aromatic nitrogens is 2. The minimum atomic E-state index is -0.0697. The highest BCUT2D eigenvalue weighted by atomic mass is 15.2. The third-order valence-electron chi connectivity index (χ3n) is 15.6. The summed E-state index contributed by atoms with van der Waals surface area (Å²) in [6, 6.07) is 66.6. The minimum absolute atomic E-state index is 0.0000601. The lowest BCUT2D eigenvalue weighted by Gasteiger charge is -2.45. The molecule has 2 aliphatic rings. The molecule has 0 fully saturated rings. The molecule has 0 aliphatic carbocycles. The van der Waals surface area contributed by atoms with Crippen molar-refractivity contribution >= 4 is 89.7 Å². The van der Waals surface area contributed by atoms with Crippen LogP contribution in [0.25, 0.3) is 55.1 Å². The van der Waals surface area contributed by atoms with Crippen LogP contribution >= 0.6 is 0 Å². The molecule has 10 aromatic rings. The maximum absolute atomic E-state index is 5.74. The maximum Gasteiger partial charge on any atom is 0.252 e. The topological polar surface area (TPSA) is 32.3 Å². The summed E-state index contributed by atoms with van der Waals surface area (Å²) in [6.07, 6.45) is 0. The van der Waals surface area contributed by atoms with Gasteiger partial charge in [-0.1, -0.05) is 192 Å². The van der Waals surface area contributed by atoms with E-state index in [-0.39, 0.29) is 28.4 Å². The molecule has 3 heterocycles. The van der Waals surface area contributed by atoms with Crippen molar-refractivity contribution in [1.82, 2.24) is 9.97 Å². The van der Waals surface area contributed by atoms with Crippen LogP contribution in [0, 0.1) is 0 Å². The Morgan fingerprint density at radius 2 is 0.767 bits per heavy atom. The first kappa shape index (κ1) is 46.6. The van der Waals surface area contributed by atoms with E-state index in [1.54, 1.807) is 0 Å². The van der Waals surface area contributed by atoms with Crippen LogP contribution in [0.5, 0.6) is 0 Å². The lowest BCUT2D eigenvalue weighted by atomic mass is 9.33. The average Bonchev–Trinajstić information content (AvgIpc) is 3.36. The van der Waals surface area contributed by atoms with Gasteiger partial charge >= 0.3 is 0 Å². The Bertz CT molecular complexity index is 3640. The van der Waals surface area contributed by atoms with E-state index < -0.39 is 0 Å². The normalized spacial score (nSPS) is 13.7. The molecule has 0 amide bonds. The van der Waals surface area contributed by atoms with E-state index in [4.69, 9.17) is 9.97 Å². The number of rotatable bonds is 4. The molecular weight excluding hydrogens is 884 g/mol. The summed E-state index contributed by atoms with van der Waals surface area (Å²) in [5.41, 5.74) is 19.7. The summed E-state index contributed by atoms with van der Waals surface area (Å²) in [4.78, 5) is 16.2. The Hall–Kier alpha value is -7.50. The Kier molecular flexibility index (Phi) is 10.5. The molecule has 360 valence electrons. The average molecular weight is 949 g/mol. The van der Waals surface area contributed by atoms with Crippen LogP contribution in [0.15, 0.2) is 176 Å². The van der Waals surface area contributed by atoms with Gasteiger partial charge in [-0.25, -0.2) is 9.97 Å². The van der Waals surface area contributed by atoms with Crippen LogP contribution in [-0.2, 0) is 21.7 Å². The van der Waals surface area contributed by atoms with Crippen LogP contribution in [0.2, 0.25) is 0 Å². The second-order valence-electron chi connectivity index (χ2n) is 24.9. The Morgan fingerprint density at radius 1 is 0.356 bits per heavy atom. The summed E-state index contributed by atoms with van der Waals surface area (Å²) in [7, 11) is 0. The fourth-order valence-electron chi connectivity index (χ4n) is 11.3. The quantitative estimate of drug-likeness (QED) is 0.165. The molecule has 2 aliphatic heterocycles. The SMILES string of the molecule is CC(C)(C)c1ccc(N2c3cc4ccccc4cc3B3c4cc5ccccc5cc4N(c4ccc(C(C)(C)C)cc4)c4cc(-c5nc(-c6cc(C(C)(C)C)cc(C(C)(C)C)c6)nc6ccccc56)cc2c43)cc1. The van der Waals surface area contributed by atoms with Crippen LogP contribution in [0.4, 0.5) is 34.1 Å². The van der Waals surface area contributed by atoms with Gasteiger partial charge in [0.1, 0.15) is 0 Å². The smallest absolute Gasteiger partial charge is 0.252 e.